The van der Waals surface area contributed by atoms with Crippen LogP contribution in [-0.4, -0.2) is 10.9 Å². The summed E-state index contributed by atoms with van der Waals surface area (Å²) in [6.07, 6.45) is 1.69. The summed E-state index contributed by atoms with van der Waals surface area (Å²) in [5.74, 6) is -0.250. The van der Waals surface area contributed by atoms with Crippen LogP contribution in [0.4, 0.5) is 5.69 Å². The van der Waals surface area contributed by atoms with Crippen LogP contribution < -0.4 is 10.9 Å². The molecular weight excluding hydrogens is 264 g/mol. The molecule has 0 bridgehead atoms. The lowest BCUT2D eigenvalue weighted by Gasteiger charge is -2.14. The van der Waals surface area contributed by atoms with Crippen molar-refractivity contribution < 1.29 is 4.79 Å². The molecule has 0 aliphatic rings. The number of para-hydroxylation sites is 1. The molecule has 0 radical (unpaired) electrons. The molecule has 0 spiro atoms. The Morgan fingerprint density at radius 1 is 1.14 bits per heavy atom. The van der Waals surface area contributed by atoms with Crippen LogP contribution in [-0.2, 0) is 12.8 Å². The smallest absolute Gasteiger partial charge is 0.255 e. The zero-order valence-electron chi connectivity index (χ0n) is 12.6. The van der Waals surface area contributed by atoms with Crippen LogP contribution >= 0.6 is 0 Å². The lowest BCUT2D eigenvalue weighted by Crippen LogP contribution is -2.18. The van der Waals surface area contributed by atoms with E-state index in [1.807, 2.05) is 18.2 Å². The van der Waals surface area contributed by atoms with E-state index in [0.29, 0.717) is 11.3 Å². The number of amides is 1. The average Bonchev–Trinajstić information content (AvgIpc) is 2.46. The standard InChI is InChI=1S/C17H20N2O2/c1-4-12-7-6-8-13(5-2)16(12)19-17(21)14-9-11(3)18-15(20)10-14/h6-10H,4-5H2,1-3H3,(H,18,20)(H,19,21). The van der Waals surface area contributed by atoms with Crippen LogP contribution in [0, 0.1) is 6.92 Å². The monoisotopic (exact) mass is 284 g/mol. The fourth-order valence-electron chi connectivity index (χ4n) is 2.40. The molecule has 4 heteroatoms. The minimum absolute atomic E-state index is 0.250. The Bertz CT molecular complexity index is 695. The number of carbonyl (C=O) groups excluding carboxylic acids is 1. The van der Waals surface area contributed by atoms with E-state index in [1.54, 1.807) is 13.0 Å². The Morgan fingerprint density at radius 2 is 1.76 bits per heavy atom. The number of nitrogens with one attached hydrogen (secondary N) is 2. The molecule has 2 N–H and O–H groups in total. The molecule has 1 amide bonds. The van der Waals surface area contributed by atoms with Crippen LogP contribution in [0.1, 0.15) is 41.0 Å². The lowest BCUT2D eigenvalue weighted by atomic mass is 10.0. The van der Waals surface area contributed by atoms with E-state index in [4.69, 9.17) is 0 Å². The van der Waals surface area contributed by atoms with Crippen molar-refractivity contribution in [2.45, 2.75) is 33.6 Å². The number of H-pyrrole nitrogens is 1. The Balaban J connectivity index is 2.37. The highest BCUT2D eigenvalue weighted by molar-refractivity contribution is 6.05. The highest BCUT2D eigenvalue weighted by Crippen LogP contribution is 2.23. The summed E-state index contributed by atoms with van der Waals surface area (Å²) < 4.78 is 0. The minimum Gasteiger partial charge on any atom is -0.326 e. The van der Waals surface area contributed by atoms with Gasteiger partial charge in [-0.3, -0.25) is 9.59 Å². The van der Waals surface area contributed by atoms with Gasteiger partial charge in [0.15, 0.2) is 0 Å². The van der Waals surface area contributed by atoms with Gasteiger partial charge in [0, 0.05) is 23.0 Å². The summed E-state index contributed by atoms with van der Waals surface area (Å²) in [5.41, 5.74) is 3.86. The van der Waals surface area contributed by atoms with E-state index in [9.17, 15) is 9.59 Å². The topological polar surface area (TPSA) is 62.0 Å². The molecule has 0 aliphatic carbocycles. The molecule has 1 heterocycles. The van der Waals surface area contributed by atoms with Crippen LogP contribution in [0.5, 0.6) is 0 Å². The SMILES string of the molecule is CCc1cccc(CC)c1NC(=O)c1cc(C)[nH]c(=O)c1. The predicted molar refractivity (Wildman–Crippen MR) is 85.0 cm³/mol. The maximum atomic E-state index is 12.4. The van der Waals surface area contributed by atoms with Gasteiger partial charge in [0.2, 0.25) is 5.56 Å². The number of aromatic nitrogens is 1. The van der Waals surface area contributed by atoms with Gasteiger partial charge in [-0.1, -0.05) is 32.0 Å². The van der Waals surface area contributed by atoms with Crippen molar-refractivity contribution in [1.82, 2.24) is 4.98 Å². The van der Waals surface area contributed by atoms with E-state index < -0.39 is 0 Å². The molecule has 110 valence electrons. The Morgan fingerprint density at radius 3 is 2.29 bits per heavy atom. The van der Waals surface area contributed by atoms with Gasteiger partial charge in [-0.2, -0.15) is 0 Å². The van der Waals surface area contributed by atoms with Crippen molar-refractivity contribution in [3.8, 4) is 0 Å². The van der Waals surface area contributed by atoms with E-state index in [1.165, 1.54) is 6.07 Å². The van der Waals surface area contributed by atoms with Crippen molar-refractivity contribution in [2.75, 3.05) is 5.32 Å². The maximum Gasteiger partial charge on any atom is 0.255 e. The number of benzene rings is 1. The average molecular weight is 284 g/mol. The quantitative estimate of drug-likeness (QED) is 0.906. The molecule has 0 saturated carbocycles. The Kier molecular flexibility index (Phi) is 4.58. The third-order valence-electron chi connectivity index (χ3n) is 3.48. The largest absolute Gasteiger partial charge is 0.326 e. The highest BCUT2D eigenvalue weighted by atomic mass is 16.2. The molecule has 0 aliphatic heterocycles. The van der Waals surface area contributed by atoms with Gasteiger partial charge in [0.1, 0.15) is 0 Å². The second-order valence-corrected chi connectivity index (χ2v) is 5.03. The second kappa shape index (κ2) is 6.39. The van der Waals surface area contributed by atoms with Crippen molar-refractivity contribution >= 4 is 11.6 Å². The second-order valence-electron chi connectivity index (χ2n) is 5.03. The third kappa shape index (κ3) is 3.40. The number of aromatic amines is 1. The van der Waals surface area contributed by atoms with Gasteiger partial charge < -0.3 is 10.3 Å². The summed E-state index contributed by atoms with van der Waals surface area (Å²) in [6.45, 7) is 5.87. The molecule has 21 heavy (non-hydrogen) atoms. The summed E-state index contributed by atoms with van der Waals surface area (Å²) >= 11 is 0. The van der Waals surface area contributed by atoms with E-state index in [2.05, 4.69) is 24.1 Å². The van der Waals surface area contributed by atoms with Gasteiger partial charge in [-0.25, -0.2) is 0 Å². The first-order chi connectivity index (χ1) is 10.0. The van der Waals surface area contributed by atoms with E-state index in [0.717, 1.165) is 29.7 Å². The molecular formula is C17H20N2O2. The Labute approximate surface area is 124 Å². The number of hydrogen-bond acceptors (Lipinski definition) is 2. The number of hydrogen-bond donors (Lipinski definition) is 2. The number of pyridine rings is 1. The van der Waals surface area contributed by atoms with Crippen LogP contribution in [0.2, 0.25) is 0 Å². The molecule has 2 aromatic rings. The normalized spacial score (nSPS) is 10.4. The molecule has 1 aromatic heterocycles. The first-order valence-corrected chi connectivity index (χ1v) is 7.18. The summed E-state index contributed by atoms with van der Waals surface area (Å²) in [6, 6.07) is 9.03. The molecule has 0 saturated heterocycles. The Hall–Kier alpha value is -2.36. The van der Waals surface area contributed by atoms with Gasteiger partial charge in [0.05, 0.1) is 0 Å². The van der Waals surface area contributed by atoms with Crippen LogP contribution in [0.15, 0.2) is 35.1 Å². The molecule has 0 atom stereocenters. The molecule has 0 unspecified atom stereocenters. The first-order valence-electron chi connectivity index (χ1n) is 7.18. The number of anilines is 1. The van der Waals surface area contributed by atoms with Gasteiger partial charge in [-0.15, -0.1) is 0 Å². The summed E-state index contributed by atoms with van der Waals surface area (Å²) in [4.78, 5) is 26.5. The van der Waals surface area contributed by atoms with Crippen molar-refractivity contribution in [2.24, 2.45) is 0 Å². The maximum absolute atomic E-state index is 12.4. The zero-order valence-corrected chi connectivity index (χ0v) is 12.6. The van der Waals surface area contributed by atoms with Crippen molar-refractivity contribution in [3.63, 3.8) is 0 Å². The summed E-state index contributed by atoms with van der Waals surface area (Å²) in [5, 5.41) is 2.96. The predicted octanol–water partition coefficient (Wildman–Crippen LogP) is 3.06. The van der Waals surface area contributed by atoms with Gasteiger partial charge >= 0.3 is 0 Å². The molecule has 2 rings (SSSR count). The highest BCUT2D eigenvalue weighted by Gasteiger charge is 2.12. The van der Waals surface area contributed by atoms with Crippen LogP contribution in [0.3, 0.4) is 0 Å². The van der Waals surface area contributed by atoms with Crippen LogP contribution in [0.25, 0.3) is 0 Å². The molecule has 0 fully saturated rings. The number of carbonyl (C=O) groups is 1. The first kappa shape index (κ1) is 15.0. The third-order valence-corrected chi connectivity index (χ3v) is 3.48. The van der Waals surface area contributed by atoms with Gasteiger partial charge in [-0.05, 0) is 37.0 Å². The zero-order chi connectivity index (χ0) is 15.4. The molecule has 4 nitrogen and oxygen atoms in total. The van der Waals surface area contributed by atoms with E-state index in [-0.39, 0.29) is 11.5 Å². The fourth-order valence-corrected chi connectivity index (χ4v) is 2.40. The van der Waals surface area contributed by atoms with Gasteiger partial charge in [0.25, 0.3) is 5.91 Å². The van der Waals surface area contributed by atoms with E-state index >= 15 is 0 Å². The number of aryl methyl sites for hydroxylation is 3. The fraction of sp³-hybridized carbons (Fsp3) is 0.294. The summed E-state index contributed by atoms with van der Waals surface area (Å²) in [7, 11) is 0. The minimum atomic E-state index is -0.264. The van der Waals surface area contributed by atoms with Crippen molar-refractivity contribution in [3.05, 3.63) is 63.1 Å². The molecule has 1 aromatic carbocycles. The number of rotatable bonds is 4. The lowest BCUT2D eigenvalue weighted by molar-refractivity contribution is 0.102. The van der Waals surface area contributed by atoms with Crippen molar-refractivity contribution in [1.29, 1.82) is 0 Å².